The van der Waals surface area contributed by atoms with Gasteiger partial charge in [-0.2, -0.15) is 0 Å². The van der Waals surface area contributed by atoms with E-state index in [1.165, 1.54) is 0 Å². The van der Waals surface area contributed by atoms with Crippen LogP contribution in [0.1, 0.15) is 30.2 Å². The molecule has 1 heterocycles. The Balaban J connectivity index is 2.35. The molecule has 2 amide bonds. The number of amides is 2. The molecule has 0 aliphatic carbocycles. The number of rotatable bonds is 3. The summed E-state index contributed by atoms with van der Waals surface area (Å²) in [5.41, 5.74) is 1.44. The summed E-state index contributed by atoms with van der Waals surface area (Å²) in [6.07, 6.45) is -2.56. The van der Waals surface area contributed by atoms with Gasteiger partial charge in [-0.25, -0.2) is 9.69 Å². The van der Waals surface area contributed by atoms with E-state index in [4.69, 9.17) is 9.84 Å². The zero-order valence-electron chi connectivity index (χ0n) is 10.3. The maximum absolute atomic E-state index is 11.7. The molecule has 6 nitrogen and oxygen atoms in total. The summed E-state index contributed by atoms with van der Waals surface area (Å²) in [5, 5.41) is 8.76. The number of likely N-dealkylation sites (tertiary alicyclic amines) is 1. The first-order valence-corrected chi connectivity index (χ1v) is 5.80. The number of hydrogen-bond acceptors (Lipinski definition) is 4. The summed E-state index contributed by atoms with van der Waals surface area (Å²) < 4.78 is 4.70. The third kappa shape index (κ3) is 2.73. The molecule has 1 aliphatic heterocycles. The molecule has 2 rings (SSSR count). The molecular weight excluding hydrogens is 250 g/mol. The molecule has 1 saturated heterocycles. The summed E-state index contributed by atoms with van der Waals surface area (Å²) in [5.74, 6) is -0.839. The summed E-state index contributed by atoms with van der Waals surface area (Å²) >= 11 is 0. The molecule has 1 aromatic rings. The Morgan fingerprint density at radius 1 is 1.21 bits per heavy atom. The number of hydrogen-bond donors (Lipinski definition) is 1. The minimum absolute atomic E-state index is 0.0875. The van der Waals surface area contributed by atoms with Crippen LogP contribution in [0.25, 0.3) is 0 Å². The normalized spacial score (nSPS) is 16.6. The Morgan fingerprint density at radius 3 is 2.21 bits per heavy atom. The predicted octanol–water partition coefficient (Wildman–Crippen LogP) is 1.84. The van der Waals surface area contributed by atoms with Gasteiger partial charge in [-0.1, -0.05) is 29.8 Å². The summed E-state index contributed by atoms with van der Waals surface area (Å²) in [7, 11) is 0. The molecule has 0 spiro atoms. The van der Waals surface area contributed by atoms with Crippen LogP contribution in [0.2, 0.25) is 0 Å². The number of benzene rings is 1. The zero-order valence-corrected chi connectivity index (χ0v) is 10.3. The van der Waals surface area contributed by atoms with Gasteiger partial charge in [0.05, 0.1) is 0 Å². The quantitative estimate of drug-likeness (QED) is 0.664. The van der Waals surface area contributed by atoms with Gasteiger partial charge < -0.3 is 9.84 Å². The van der Waals surface area contributed by atoms with E-state index in [1.54, 1.807) is 24.3 Å². The number of nitrogens with zero attached hydrogens (tertiary/aromatic N) is 1. The summed E-state index contributed by atoms with van der Waals surface area (Å²) in [4.78, 5) is 35.0. The highest BCUT2D eigenvalue weighted by Gasteiger charge is 2.38. The van der Waals surface area contributed by atoms with E-state index in [1.807, 2.05) is 6.92 Å². The molecular formula is C13H13NO5. The second-order valence-electron chi connectivity index (χ2n) is 4.30. The van der Waals surface area contributed by atoms with Crippen molar-refractivity contribution in [3.63, 3.8) is 0 Å². The molecule has 1 atom stereocenters. The maximum Gasteiger partial charge on any atom is 0.507 e. The Bertz CT molecular complexity index is 506. The lowest BCUT2D eigenvalue weighted by atomic mass is 10.1. The highest BCUT2D eigenvalue weighted by atomic mass is 16.7. The number of aryl methyl sites for hydroxylation is 1. The van der Waals surface area contributed by atoms with Crippen molar-refractivity contribution in [3.8, 4) is 0 Å². The highest BCUT2D eigenvalue weighted by molar-refractivity contribution is 6.02. The Labute approximate surface area is 109 Å². The molecule has 0 aromatic heterocycles. The van der Waals surface area contributed by atoms with Crippen molar-refractivity contribution >= 4 is 18.0 Å². The van der Waals surface area contributed by atoms with Crippen LogP contribution < -0.4 is 0 Å². The Morgan fingerprint density at radius 2 is 1.74 bits per heavy atom. The monoisotopic (exact) mass is 263 g/mol. The van der Waals surface area contributed by atoms with Gasteiger partial charge in [0.1, 0.15) is 0 Å². The van der Waals surface area contributed by atoms with Crippen LogP contribution in [-0.4, -0.2) is 28.0 Å². The van der Waals surface area contributed by atoms with E-state index in [-0.39, 0.29) is 12.8 Å². The molecule has 100 valence electrons. The third-order valence-electron chi connectivity index (χ3n) is 2.90. The molecule has 1 aromatic carbocycles. The van der Waals surface area contributed by atoms with Crippen LogP contribution in [0.15, 0.2) is 24.3 Å². The zero-order chi connectivity index (χ0) is 14.0. The van der Waals surface area contributed by atoms with Crippen molar-refractivity contribution in [1.82, 2.24) is 4.90 Å². The van der Waals surface area contributed by atoms with Crippen molar-refractivity contribution in [3.05, 3.63) is 35.4 Å². The fraction of sp³-hybridized carbons (Fsp3) is 0.308. The van der Waals surface area contributed by atoms with E-state index >= 15 is 0 Å². The van der Waals surface area contributed by atoms with E-state index in [2.05, 4.69) is 0 Å². The Hall–Kier alpha value is -2.37. The van der Waals surface area contributed by atoms with Gasteiger partial charge in [0, 0.05) is 18.4 Å². The molecule has 0 bridgehead atoms. The van der Waals surface area contributed by atoms with Gasteiger partial charge in [-0.05, 0) is 6.92 Å². The van der Waals surface area contributed by atoms with Gasteiger partial charge in [-0.15, -0.1) is 0 Å². The van der Waals surface area contributed by atoms with Crippen LogP contribution in [0.5, 0.6) is 0 Å². The van der Waals surface area contributed by atoms with Crippen molar-refractivity contribution in [2.45, 2.75) is 26.0 Å². The maximum atomic E-state index is 11.7. The second-order valence-corrected chi connectivity index (χ2v) is 4.30. The number of imide groups is 1. The topological polar surface area (TPSA) is 83.9 Å². The molecule has 19 heavy (non-hydrogen) atoms. The Kier molecular flexibility index (Phi) is 3.50. The smallest absolute Gasteiger partial charge is 0.450 e. The van der Waals surface area contributed by atoms with Gasteiger partial charge in [0.15, 0.2) is 0 Å². The SMILES string of the molecule is Cc1ccc(C(OC(=O)O)N2C(=O)CCC2=O)cc1. The van der Waals surface area contributed by atoms with Gasteiger partial charge >= 0.3 is 6.16 Å². The van der Waals surface area contributed by atoms with Crippen molar-refractivity contribution in [2.75, 3.05) is 0 Å². The second kappa shape index (κ2) is 5.09. The number of carbonyl (C=O) groups is 3. The van der Waals surface area contributed by atoms with Gasteiger partial charge in [0.2, 0.25) is 18.0 Å². The van der Waals surface area contributed by atoms with E-state index in [0.29, 0.717) is 5.56 Å². The largest absolute Gasteiger partial charge is 0.507 e. The number of ether oxygens (including phenoxy) is 1. The van der Waals surface area contributed by atoms with Gasteiger partial charge in [-0.3, -0.25) is 9.59 Å². The third-order valence-corrected chi connectivity index (χ3v) is 2.90. The first kappa shape index (κ1) is 13.1. The van der Waals surface area contributed by atoms with E-state index in [9.17, 15) is 14.4 Å². The lowest BCUT2D eigenvalue weighted by Gasteiger charge is -2.25. The van der Waals surface area contributed by atoms with Crippen LogP contribution in [0.3, 0.4) is 0 Å². The summed E-state index contributed by atoms with van der Waals surface area (Å²) in [6.45, 7) is 1.88. The van der Waals surface area contributed by atoms with Crippen LogP contribution in [-0.2, 0) is 14.3 Å². The minimum atomic E-state index is -1.53. The molecule has 0 saturated carbocycles. The average Bonchev–Trinajstić information content (AvgIpc) is 2.67. The van der Waals surface area contributed by atoms with Crippen LogP contribution in [0.4, 0.5) is 4.79 Å². The number of carboxylic acid groups (broad SMARTS) is 1. The van der Waals surface area contributed by atoms with Crippen molar-refractivity contribution < 1.29 is 24.2 Å². The average molecular weight is 263 g/mol. The molecule has 1 aliphatic rings. The summed E-state index contributed by atoms with van der Waals surface area (Å²) in [6, 6.07) is 6.81. The fourth-order valence-corrected chi connectivity index (χ4v) is 1.95. The van der Waals surface area contributed by atoms with Crippen LogP contribution in [0, 0.1) is 6.92 Å². The fourth-order valence-electron chi connectivity index (χ4n) is 1.95. The molecule has 0 radical (unpaired) electrons. The van der Waals surface area contributed by atoms with Gasteiger partial charge in [0.25, 0.3) is 0 Å². The van der Waals surface area contributed by atoms with E-state index < -0.39 is 24.2 Å². The molecule has 1 N–H and O–H groups in total. The van der Waals surface area contributed by atoms with Crippen molar-refractivity contribution in [2.24, 2.45) is 0 Å². The van der Waals surface area contributed by atoms with Crippen molar-refractivity contribution in [1.29, 1.82) is 0 Å². The highest BCUT2D eigenvalue weighted by Crippen LogP contribution is 2.28. The van der Waals surface area contributed by atoms with E-state index in [0.717, 1.165) is 10.5 Å². The van der Waals surface area contributed by atoms with Crippen LogP contribution >= 0.6 is 0 Å². The number of carbonyl (C=O) groups excluding carboxylic acids is 2. The lowest BCUT2D eigenvalue weighted by Crippen LogP contribution is -2.36. The predicted molar refractivity (Wildman–Crippen MR) is 64.1 cm³/mol. The minimum Gasteiger partial charge on any atom is -0.450 e. The molecule has 1 unspecified atom stereocenters. The first-order valence-electron chi connectivity index (χ1n) is 5.80. The molecule has 1 fully saturated rings. The standard InChI is InChI=1S/C13H13NO5/c1-8-2-4-9(5-3-8)12(19-13(17)18)14-10(15)6-7-11(14)16/h2-5,12H,6-7H2,1H3,(H,17,18). The molecule has 6 heteroatoms. The lowest BCUT2D eigenvalue weighted by molar-refractivity contribution is -0.151. The first-order chi connectivity index (χ1) is 8.99.